The number of thiophene rings is 1. The summed E-state index contributed by atoms with van der Waals surface area (Å²) >= 11 is 1.47. The maximum absolute atomic E-state index is 11.4. The van der Waals surface area contributed by atoms with Crippen molar-refractivity contribution in [1.82, 2.24) is 5.32 Å². The Morgan fingerprint density at radius 2 is 2.32 bits per heavy atom. The summed E-state index contributed by atoms with van der Waals surface area (Å²) < 4.78 is 5.12. The van der Waals surface area contributed by atoms with Gasteiger partial charge in [-0.2, -0.15) is 0 Å². The summed E-state index contributed by atoms with van der Waals surface area (Å²) in [6, 6.07) is 1.82. The first-order chi connectivity index (χ1) is 9.13. The van der Waals surface area contributed by atoms with Gasteiger partial charge in [0.05, 0.1) is 6.54 Å². The highest BCUT2D eigenvalue weighted by Gasteiger charge is 2.05. The maximum atomic E-state index is 11.4. The number of carboxylic acids is 1. The van der Waals surface area contributed by atoms with E-state index in [9.17, 15) is 9.59 Å². The van der Waals surface area contributed by atoms with Gasteiger partial charge in [0.1, 0.15) is 6.61 Å². The van der Waals surface area contributed by atoms with E-state index in [0.717, 1.165) is 22.9 Å². The van der Waals surface area contributed by atoms with Crippen molar-refractivity contribution >= 4 is 29.3 Å². The molecule has 0 fully saturated rings. The molecule has 1 amide bonds. The van der Waals surface area contributed by atoms with Crippen LogP contribution in [-0.4, -0.2) is 30.2 Å². The third-order valence-corrected chi connectivity index (χ3v) is 3.15. The molecule has 1 heterocycles. The SMILES string of the molecule is CCCOCC(=O)NCc1sccc1/C=C/C(=O)O. The molecule has 1 aromatic rings. The van der Waals surface area contributed by atoms with Gasteiger partial charge in [0, 0.05) is 17.6 Å². The number of ether oxygens (including phenoxy) is 1. The van der Waals surface area contributed by atoms with Crippen LogP contribution in [0.1, 0.15) is 23.8 Å². The van der Waals surface area contributed by atoms with Crippen molar-refractivity contribution < 1.29 is 19.4 Å². The lowest BCUT2D eigenvalue weighted by molar-refractivity contribution is -0.131. The molecule has 1 rings (SSSR count). The van der Waals surface area contributed by atoms with E-state index in [0.29, 0.717) is 13.2 Å². The van der Waals surface area contributed by atoms with E-state index in [4.69, 9.17) is 9.84 Å². The Bertz CT molecular complexity index is 453. The molecular weight excluding hydrogens is 266 g/mol. The fraction of sp³-hybridized carbons (Fsp3) is 0.385. The van der Waals surface area contributed by atoms with Crippen molar-refractivity contribution in [2.24, 2.45) is 0 Å². The molecule has 1 aromatic heterocycles. The summed E-state index contributed by atoms with van der Waals surface area (Å²) in [5, 5.41) is 13.2. The third-order valence-electron chi connectivity index (χ3n) is 2.21. The first-order valence-electron chi connectivity index (χ1n) is 5.95. The molecule has 2 N–H and O–H groups in total. The molecule has 0 unspecified atom stereocenters. The number of amides is 1. The second kappa shape index (κ2) is 8.44. The molecule has 6 heteroatoms. The van der Waals surface area contributed by atoms with Crippen LogP contribution in [0.4, 0.5) is 0 Å². The summed E-state index contributed by atoms with van der Waals surface area (Å²) in [5.41, 5.74) is 0.808. The van der Waals surface area contributed by atoms with Gasteiger partial charge in [-0.3, -0.25) is 4.79 Å². The largest absolute Gasteiger partial charge is 0.478 e. The van der Waals surface area contributed by atoms with E-state index < -0.39 is 5.97 Å². The Balaban J connectivity index is 2.43. The average Bonchev–Trinajstić information content (AvgIpc) is 2.81. The van der Waals surface area contributed by atoms with Crippen LogP contribution in [0.15, 0.2) is 17.5 Å². The first-order valence-corrected chi connectivity index (χ1v) is 6.83. The van der Waals surface area contributed by atoms with E-state index in [2.05, 4.69) is 5.32 Å². The molecule has 0 saturated carbocycles. The first kappa shape index (κ1) is 15.4. The van der Waals surface area contributed by atoms with Crippen LogP contribution < -0.4 is 5.32 Å². The molecule has 0 aliphatic carbocycles. The second-order valence-corrected chi connectivity index (χ2v) is 4.80. The third kappa shape index (κ3) is 6.17. The summed E-state index contributed by atoms with van der Waals surface area (Å²) in [4.78, 5) is 22.8. The number of carbonyl (C=O) groups excluding carboxylic acids is 1. The van der Waals surface area contributed by atoms with E-state index in [1.165, 1.54) is 17.4 Å². The maximum Gasteiger partial charge on any atom is 0.328 e. The number of rotatable bonds is 8. The van der Waals surface area contributed by atoms with E-state index in [1.807, 2.05) is 18.4 Å². The standard InChI is InChI=1S/C13H17NO4S/c1-2-6-18-9-12(15)14-8-11-10(5-7-19-11)3-4-13(16)17/h3-5,7H,2,6,8-9H2,1H3,(H,14,15)(H,16,17)/b4-3+. The molecule has 5 nitrogen and oxygen atoms in total. The van der Waals surface area contributed by atoms with Crippen LogP contribution in [-0.2, 0) is 20.9 Å². The van der Waals surface area contributed by atoms with Crippen LogP contribution in [0, 0.1) is 0 Å². The van der Waals surface area contributed by atoms with Crippen molar-refractivity contribution in [2.75, 3.05) is 13.2 Å². The summed E-state index contributed by atoms with van der Waals surface area (Å²) in [5.74, 6) is -1.16. The van der Waals surface area contributed by atoms with Gasteiger partial charge in [-0.05, 0) is 29.5 Å². The Hall–Kier alpha value is -1.66. The van der Waals surface area contributed by atoms with Crippen molar-refractivity contribution in [1.29, 1.82) is 0 Å². The van der Waals surface area contributed by atoms with Gasteiger partial charge in [-0.25, -0.2) is 4.79 Å². The van der Waals surface area contributed by atoms with Gasteiger partial charge in [-0.1, -0.05) is 6.92 Å². The smallest absolute Gasteiger partial charge is 0.328 e. The molecule has 0 aliphatic heterocycles. The van der Waals surface area contributed by atoms with Crippen LogP contribution >= 0.6 is 11.3 Å². The monoisotopic (exact) mass is 283 g/mol. The topological polar surface area (TPSA) is 75.6 Å². The van der Waals surface area contributed by atoms with E-state index in [-0.39, 0.29) is 12.5 Å². The van der Waals surface area contributed by atoms with Crippen molar-refractivity contribution in [2.45, 2.75) is 19.9 Å². The van der Waals surface area contributed by atoms with Gasteiger partial charge in [0.2, 0.25) is 5.91 Å². The quantitative estimate of drug-likeness (QED) is 0.564. The Morgan fingerprint density at radius 3 is 3.00 bits per heavy atom. The van der Waals surface area contributed by atoms with E-state index in [1.54, 1.807) is 0 Å². The lowest BCUT2D eigenvalue weighted by Crippen LogP contribution is -2.27. The molecule has 104 valence electrons. The summed E-state index contributed by atoms with van der Waals surface area (Å²) in [6.07, 6.45) is 3.48. The highest BCUT2D eigenvalue weighted by molar-refractivity contribution is 7.10. The molecular formula is C13H17NO4S. The highest BCUT2D eigenvalue weighted by Crippen LogP contribution is 2.18. The zero-order chi connectivity index (χ0) is 14.1. The predicted octanol–water partition coefficient (Wildman–Crippen LogP) is 1.89. The summed E-state index contributed by atoms with van der Waals surface area (Å²) in [6.45, 7) is 2.98. The lowest BCUT2D eigenvalue weighted by atomic mass is 10.2. The molecule has 19 heavy (non-hydrogen) atoms. The number of carbonyl (C=O) groups is 2. The zero-order valence-corrected chi connectivity index (χ0v) is 11.5. The number of hydrogen-bond donors (Lipinski definition) is 2. The number of aliphatic carboxylic acids is 1. The molecule has 0 bridgehead atoms. The molecule has 0 aliphatic rings. The molecule has 0 atom stereocenters. The Kier molecular flexibility index (Phi) is 6.84. The fourth-order valence-corrected chi connectivity index (χ4v) is 2.15. The van der Waals surface area contributed by atoms with E-state index >= 15 is 0 Å². The minimum Gasteiger partial charge on any atom is -0.478 e. The zero-order valence-electron chi connectivity index (χ0n) is 10.7. The Labute approximate surface area is 115 Å². The predicted molar refractivity (Wildman–Crippen MR) is 73.9 cm³/mol. The molecule has 0 aromatic carbocycles. The minimum atomic E-state index is -0.992. The van der Waals surface area contributed by atoms with Crippen molar-refractivity contribution in [3.05, 3.63) is 28.0 Å². The lowest BCUT2D eigenvalue weighted by Gasteiger charge is -2.05. The minimum absolute atomic E-state index is 0.0551. The normalized spacial score (nSPS) is 10.8. The van der Waals surface area contributed by atoms with Crippen molar-refractivity contribution in [3.63, 3.8) is 0 Å². The fourth-order valence-electron chi connectivity index (χ4n) is 1.34. The number of carboxylic acid groups (broad SMARTS) is 1. The highest BCUT2D eigenvalue weighted by atomic mass is 32.1. The van der Waals surface area contributed by atoms with Crippen LogP contribution in [0.25, 0.3) is 6.08 Å². The van der Waals surface area contributed by atoms with Crippen molar-refractivity contribution in [3.8, 4) is 0 Å². The molecule has 0 radical (unpaired) electrons. The van der Waals surface area contributed by atoms with Crippen LogP contribution in [0.2, 0.25) is 0 Å². The average molecular weight is 283 g/mol. The molecule has 0 spiro atoms. The van der Waals surface area contributed by atoms with Gasteiger partial charge < -0.3 is 15.2 Å². The van der Waals surface area contributed by atoms with Gasteiger partial charge in [0.15, 0.2) is 0 Å². The van der Waals surface area contributed by atoms with Gasteiger partial charge in [-0.15, -0.1) is 11.3 Å². The number of hydrogen-bond acceptors (Lipinski definition) is 4. The second-order valence-electron chi connectivity index (χ2n) is 3.80. The van der Waals surface area contributed by atoms with Crippen LogP contribution in [0.3, 0.4) is 0 Å². The van der Waals surface area contributed by atoms with Crippen LogP contribution in [0.5, 0.6) is 0 Å². The number of nitrogens with one attached hydrogen (secondary N) is 1. The molecule has 0 saturated heterocycles. The van der Waals surface area contributed by atoms with Gasteiger partial charge in [0.25, 0.3) is 0 Å². The Morgan fingerprint density at radius 1 is 1.53 bits per heavy atom. The van der Waals surface area contributed by atoms with Gasteiger partial charge >= 0.3 is 5.97 Å². The summed E-state index contributed by atoms with van der Waals surface area (Å²) in [7, 11) is 0.